The van der Waals surface area contributed by atoms with Gasteiger partial charge in [0.15, 0.2) is 5.82 Å². The van der Waals surface area contributed by atoms with E-state index in [1.165, 1.54) is 0 Å². The predicted molar refractivity (Wildman–Crippen MR) is 77.4 cm³/mol. The standard InChI is InChI=1S/C14H20N4O/c1-18(2)8-10-19-9-7-15-14-13-6-4-3-5-12(13)11-16-17-14/h3-6,11H,7-10H2,1-2H3,(H,15,17). The summed E-state index contributed by atoms with van der Waals surface area (Å²) in [7, 11) is 4.07. The quantitative estimate of drug-likeness (QED) is 0.767. The monoisotopic (exact) mass is 260 g/mol. The van der Waals surface area contributed by atoms with Crippen LogP contribution in [0.2, 0.25) is 0 Å². The minimum atomic E-state index is 0.665. The van der Waals surface area contributed by atoms with Gasteiger partial charge in [0.05, 0.1) is 19.4 Å². The van der Waals surface area contributed by atoms with Gasteiger partial charge in [0.25, 0.3) is 0 Å². The van der Waals surface area contributed by atoms with Crippen LogP contribution in [0.1, 0.15) is 0 Å². The van der Waals surface area contributed by atoms with E-state index in [9.17, 15) is 0 Å². The van der Waals surface area contributed by atoms with Crippen molar-refractivity contribution in [1.29, 1.82) is 0 Å². The molecule has 1 N–H and O–H groups in total. The van der Waals surface area contributed by atoms with E-state index in [0.717, 1.165) is 36.3 Å². The van der Waals surface area contributed by atoms with Gasteiger partial charge in [-0.2, -0.15) is 5.10 Å². The first kappa shape index (κ1) is 13.7. The second-order valence-electron chi connectivity index (χ2n) is 4.62. The molecule has 0 spiro atoms. The Morgan fingerprint density at radius 3 is 2.89 bits per heavy atom. The van der Waals surface area contributed by atoms with Crippen molar-refractivity contribution >= 4 is 16.6 Å². The predicted octanol–water partition coefficient (Wildman–Crippen LogP) is 1.62. The van der Waals surface area contributed by atoms with Crippen molar-refractivity contribution < 1.29 is 4.74 Å². The summed E-state index contributed by atoms with van der Waals surface area (Å²) in [5.74, 6) is 0.814. The SMILES string of the molecule is CN(C)CCOCCNc1nncc2ccccc12. The smallest absolute Gasteiger partial charge is 0.156 e. The maximum Gasteiger partial charge on any atom is 0.156 e. The molecule has 5 nitrogen and oxygen atoms in total. The van der Waals surface area contributed by atoms with E-state index in [4.69, 9.17) is 4.74 Å². The number of hydrogen-bond acceptors (Lipinski definition) is 5. The first-order valence-corrected chi connectivity index (χ1v) is 6.44. The lowest BCUT2D eigenvalue weighted by Gasteiger charge is -2.11. The number of ether oxygens (including phenoxy) is 1. The molecular formula is C14H20N4O. The zero-order valence-electron chi connectivity index (χ0n) is 11.5. The third-order valence-electron chi connectivity index (χ3n) is 2.79. The van der Waals surface area contributed by atoms with E-state index in [0.29, 0.717) is 6.61 Å². The number of nitrogens with one attached hydrogen (secondary N) is 1. The molecule has 1 aromatic heterocycles. The Labute approximate surface area is 113 Å². The van der Waals surface area contributed by atoms with Crippen LogP contribution >= 0.6 is 0 Å². The van der Waals surface area contributed by atoms with Crippen LogP contribution in [0.4, 0.5) is 5.82 Å². The Hall–Kier alpha value is -1.72. The molecule has 0 radical (unpaired) electrons. The van der Waals surface area contributed by atoms with Crippen molar-refractivity contribution in [2.75, 3.05) is 45.7 Å². The maximum atomic E-state index is 5.53. The number of fused-ring (bicyclic) bond motifs is 1. The van der Waals surface area contributed by atoms with Gasteiger partial charge in [-0.3, -0.25) is 0 Å². The Morgan fingerprint density at radius 1 is 1.21 bits per heavy atom. The molecule has 0 fully saturated rings. The highest BCUT2D eigenvalue weighted by Gasteiger charge is 2.01. The van der Waals surface area contributed by atoms with Crippen molar-refractivity contribution in [1.82, 2.24) is 15.1 Å². The Kier molecular flexibility index (Phi) is 5.06. The van der Waals surface area contributed by atoms with Crippen molar-refractivity contribution in [2.24, 2.45) is 0 Å². The van der Waals surface area contributed by atoms with Gasteiger partial charge in [-0.15, -0.1) is 5.10 Å². The molecule has 5 heteroatoms. The van der Waals surface area contributed by atoms with Gasteiger partial charge in [-0.05, 0) is 14.1 Å². The zero-order chi connectivity index (χ0) is 13.5. The first-order chi connectivity index (χ1) is 9.27. The van der Waals surface area contributed by atoms with Crippen LogP contribution in [0.5, 0.6) is 0 Å². The molecule has 19 heavy (non-hydrogen) atoms. The summed E-state index contributed by atoms with van der Waals surface area (Å²) in [5, 5.41) is 13.6. The van der Waals surface area contributed by atoms with Crippen molar-refractivity contribution in [3.05, 3.63) is 30.5 Å². The van der Waals surface area contributed by atoms with Gasteiger partial charge in [-0.25, -0.2) is 0 Å². The molecule has 2 rings (SSSR count). The maximum absolute atomic E-state index is 5.53. The van der Waals surface area contributed by atoms with Gasteiger partial charge in [0.1, 0.15) is 0 Å². The van der Waals surface area contributed by atoms with Crippen LogP contribution < -0.4 is 5.32 Å². The second kappa shape index (κ2) is 7.01. The molecule has 0 bridgehead atoms. The number of hydrogen-bond donors (Lipinski definition) is 1. The second-order valence-corrected chi connectivity index (χ2v) is 4.62. The lowest BCUT2D eigenvalue weighted by molar-refractivity contribution is 0.126. The Bertz CT molecular complexity index is 510. The molecule has 102 valence electrons. The van der Waals surface area contributed by atoms with Crippen LogP contribution in [-0.2, 0) is 4.74 Å². The van der Waals surface area contributed by atoms with E-state index in [-0.39, 0.29) is 0 Å². The molecule has 0 amide bonds. The van der Waals surface area contributed by atoms with E-state index < -0.39 is 0 Å². The summed E-state index contributed by atoms with van der Waals surface area (Å²) < 4.78 is 5.53. The number of nitrogens with zero attached hydrogens (tertiary/aromatic N) is 3. The summed E-state index contributed by atoms with van der Waals surface area (Å²) >= 11 is 0. The minimum absolute atomic E-state index is 0.665. The molecule has 1 heterocycles. The minimum Gasteiger partial charge on any atom is -0.378 e. The number of anilines is 1. The van der Waals surface area contributed by atoms with E-state index in [2.05, 4.69) is 20.4 Å². The summed E-state index contributed by atoms with van der Waals surface area (Å²) in [6.07, 6.45) is 1.77. The topological polar surface area (TPSA) is 50.3 Å². The first-order valence-electron chi connectivity index (χ1n) is 6.44. The fraction of sp³-hybridized carbons (Fsp3) is 0.429. The van der Waals surface area contributed by atoms with Crippen molar-refractivity contribution in [3.63, 3.8) is 0 Å². The summed E-state index contributed by atoms with van der Waals surface area (Å²) in [5.41, 5.74) is 0. The van der Waals surface area contributed by atoms with Crippen LogP contribution in [0, 0.1) is 0 Å². The number of aromatic nitrogens is 2. The van der Waals surface area contributed by atoms with Crippen LogP contribution in [0.3, 0.4) is 0 Å². The van der Waals surface area contributed by atoms with Gasteiger partial charge < -0.3 is 15.0 Å². The molecule has 2 aromatic rings. The van der Waals surface area contributed by atoms with Crippen LogP contribution in [0.25, 0.3) is 10.8 Å². The summed E-state index contributed by atoms with van der Waals surface area (Å²) in [6, 6.07) is 8.07. The number of benzene rings is 1. The Morgan fingerprint density at radius 2 is 2.05 bits per heavy atom. The highest BCUT2D eigenvalue weighted by atomic mass is 16.5. The average molecular weight is 260 g/mol. The van der Waals surface area contributed by atoms with Crippen LogP contribution in [-0.4, -0.2) is 55.5 Å². The zero-order valence-corrected chi connectivity index (χ0v) is 11.5. The largest absolute Gasteiger partial charge is 0.378 e. The average Bonchev–Trinajstić information content (AvgIpc) is 2.42. The van der Waals surface area contributed by atoms with E-state index >= 15 is 0 Å². The fourth-order valence-electron chi connectivity index (χ4n) is 1.75. The molecule has 0 aliphatic heterocycles. The summed E-state index contributed by atoms with van der Waals surface area (Å²) in [4.78, 5) is 2.10. The number of rotatable bonds is 7. The van der Waals surface area contributed by atoms with Crippen molar-refractivity contribution in [3.8, 4) is 0 Å². The normalized spacial score (nSPS) is 11.1. The lowest BCUT2D eigenvalue weighted by atomic mass is 10.2. The molecule has 0 atom stereocenters. The molecule has 1 aromatic carbocycles. The van der Waals surface area contributed by atoms with Crippen molar-refractivity contribution in [2.45, 2.75) is 0 Å². The highest BCUT2D eigenvalue weighted by Crippen LogP contribution is 2.18. The van der Waals surface area contributed by atoms with Gasteiger partial charge >= 0.3 is 0 Å². The molecule has 0 saturated carbocycles. The molecule has 0 aliphatic rings. The number of likely N-dealkylation sites (N-methyl/N-ethyl adjacent to an activating group) is 1. The Balaban J connectivity index is 1.82. The molecule has 0 saturated heterocycles. The van der Waals surface area contributed by atoms with Gasteiger partial charge in [0, 0.05) is 23.9 Å². The third-order valence-corrected chi connectivity index (χ3v) is 2.79. The third kappa shape index (κ3) is 4.15. The molecule has 0 unspecified atom stereocenters. The fourth-order valence-corrected chi connectivity index (χ4v) is 1.75. The summed E-state index contributed by atoms with van der Waals surface area (Å²) in [6.45, 7) is 3.08. The molecular weight excluding hydrogens is 240 g/mol. The highest BCUT2D eigenvalue weighted by molar-refractivity contribution is 5.90. The lowest BCUT2D eigenvalue weighted by Crippen LogP contribution is -2.20. The van der Waals surface area contributed by atoms with E-state index in [1.54, 1.807) is 6.20 Å². The van der Waals surface area contributed by atoms with Gasteiger partial charge in [-0.1, -0.05) is 24.3 Å². The van der Waals surface area contributed by atoms with Gasteiger partial charge in [0.2, 0.25) is 0 Å². The van der Waals surface area contributed by atoms with E-state index in [1.807, 2.05) is 38.4 Å². The van der Waals surface area contributed by atoms with Crippen LogP contribution in [0.15, 0.2) is 30.5 Å². The molecule has 0 aliphatic carbocycles.